The maximum atomic E-state index is 4.07. The summed E-state index contributed by atoms with van der Waals surface area (Å²) in [4.78, 5) is 0. The van der Waals surface area contributed by atoms with Crippen molar-refractivity contribution in [3.8, 4) is 0 Å². The van der Waals surface area contributed by atoms with E-state index in [0.717, 1.165) is 5.57 Å². The molecule has 0 N–H and O–H groups in total. The first-order chi connectivity index (χ1) is 7.99. The van der Waals surface area contributed by atoms with Crippen molar-refractivity contribution in [1.82, 2.24) is 0 Å². The fraction of sp³-hybridized carbons (Fsp3) is 0.412. The summed E-state index contributed by atoms with van der Waals surface area (Å²) in [5, 5.41) is 0. The van der Waals surface area contributed by atoms with E-state index in [9.17, 15) is 0 Å². The van der Waals surface area contributed by atoms with Crippen LogP contribution in [0.25, 0.3) is 11.1 Å². The molecule has 0 bridgehead atoms. The third-order valence-corrected chi connectivity index (χ3v) is 3.58. The lowest BCUT2D eigenvalue weighted by molar-refractivity contribution is 0.865. The van der Waals surface area contributed by atoms with E-state index in [1.807, 2.05) is 0 Å². The van der Waals surface area contributed by atoms with Crippen molar-refractivity contribution in [2.75, 3.05) is 0 Å². The van der Waals surface area contributed by atoms with Crippen molar-refractivity contribution in [3.63, 3.8) is 0 Å². The highest BCUT2D eigenvalue weighted by molar-refractivity contribution is 5.74. The van der Waals surface area contributed by atoms with Gasteiger partial charge in [0, 0.05) is 0 Å². The van der Waals surface area contributed by atoms with Crippen LogP contribution in [0.5, 0.6) is 0 Å². The van der Waals surface area contributed by atoms with E-state index in [1.54, 1.807) is 5.57 Å². The average Bonchev–Trinajstić information content (AvgIpc) is 3.11. The highest BCUT2D eigenvalue weighted by Gasteiger charge is 2.16. The molecule has 0 spiro atoms. The number of hydrogen-bond acceptors (Lipinski definition) is 0. The fourth-order valence-electron chi connectivity index (χ4n) is 2.09. The largest absolute Gasteiger partial charge is 0.0955 e. The third-order valence-electron chi connectivity index (χ3n) is 3.58. The molecule has 1 aliphatic rings. The Morgan fingerprint density at radius 3 is 2.12 bits per heavy atom. The van der Waals surface area contributed by atoms with Crippen LogP contribution in [0.3, 0.4) is 0 Å². The molecule has 0 saturated heterocycles. The first-order valence-electron chi connectivity index (χ1n) is 6.49. The van der Waals surface area contributed by atoms with E-state index >= 15 is 0 Å². The molecule has 2 rings (SSSR count). The Balaban J connectivity index is 2.52. The van der Waals surface area contributed by atoms with Gasteiger partial charge in [-0.1, -0.05) is 43.7 Å². The monoisotopic (exact) mass is 226 g/mol. The molecule has 0 heterocycles. The lowest BCUT2D eigenvalue weighted by Gasteiger charge is -2.12. The van der Waals surface area contributed by atoms with Crippen LogP contribution >= 0.6 is 0 Å². The second kappa shape index (κ2) is 4.52. The van der Waals surface area contributed by atoms with Gasteiger partial charge in [0.05, 0.1) is 0 Å². The number of rotatable bonds is 3. The Hall–Kier alpha value is -1.30. The quantitative estimate of drug-likeness (QED) is 0.646. The van der Waals surface area contributed by atoms with Gasteiger partial charge in [0.2, 0.25) is 0 Å². The molecule has 90 valence electrons. The maximum absolute atomic E-state index is 4.07. The predicted molar refractivity (Wildman–Crippen MR) is 77.1 cm³/mol. The second-order valence-corrected chi connectivity index (χ2v) is 5.51. The van der Waals surface area contributed by atoms with E-state index in [4.69, 9.17) is 0 Å². The first kappa shape index (κ1) is 12.2. The van der Waals surface area contributed by atoms with Gasteiger partial charge in [0.15, 0.2) is 0 Å². The topological polar surface area (TPSA) is 0 Å². The molecule has 1 saturated carbocycles. The molecule has 0 aromatic heterocycles. The molecular formula is C17H22. The zero-order chi connectivity index (χ0) is 12.6. The molecule has 1 fully saturated rings. The highest BCUT2D eigenvalue weighted by Crippen LogP contribution is 2.37. The smallest absolute Gasteiger partial charge is 0.0218 e. The van der Waals surface area contributed by atoms with Gasteiger partial charge in [-0.3, -0.25) is 0 Å². The van der Waals surface area contributed by atoms with E-state index in [2.05, 4.69) is 52.5 Å². The summed E-state index contributed by atoms with van der Waals surface area (Å²) in [6.07, 6.45) is 2.58. The molecular weight excluding hydrogens is 204 g/mol. The molecule has 1 aromatic carbocycles. The predicted octanol–water partition coefficient (Wildman–Crippen LogP) is 5.41. The number of hydrogen-bond donors (Lipinski definition) is 0. The van der Waals surface area contributed by atoms with Crippen LogP contribution in [-0.4, -0.2) is 0 Å². The summed E-state index contributed by atoms with van der Waals surface area (Å²) in [7, 11) is 0. The van der Waals surface area contributed by atoms with Crippen molar-refractivity contribution >= 4 is 11.1 Å². The molecule has 0 radical (unpaired) electrons. The van der Waals surface area contributed by atoms with Gasteiger partial charge in [0.1, 0.15) is 0 Å². The fourth-order valence-corrected chi connectivity index (χ4v) is 2.09. The van der Waals surface area contributed by atoms with Gasteiger partial charge in [-0.25, -0.2) is 0 Å². The molecule has 0 atom stereocenters. The van der Waals surface area contributed by atoms with Crippen LogP contribution < -0.4 is 0 Å². The summed E-state index contributed by atoms with van der Waals surface area (Å²) in [5.74, 6) is 0.574. The van der Waals surface area contributed by atoms with Crippen LogP contribution in [0.2, 0.25) is 0 Å². The molecule has 0 amide bonds. The van der Waals surface area contributed by atoms with Crippen molar-refractivity contribution in [2.45, 2.75) is 46.5 Å². The summed E-state index contributed by atoms with van der Waals surface area (Å²) in [6.45, 7) is 12.9. The van der Waals surface area contributed by atoms with Gasteiger partial charge in [-0.05, 0) is 60.9 Å². The summed E-state index contributed by atoms with van der Waals surface area (Å²) >= 11 is 0. The minimum atomic E-state index is 0.574. The Bertz CT molecular complexity index is 481. The van der Waals surface area contributed by atoms with Crippen molar-refractivity contribution in [1.29, 1.82) is 0 Å². The minimum absolute atomic E-state index is 0.574. The van der Waals surface area contributed by atoms with E-state index in [-0.39, 0.29) is 0 Å². The number of benzene rings is 1. The Labute approximate surface area is 105 Å². The lowest BCUT2D eigenvalue weighted by Crippen LogP contribution is -1.93. The second-order valence-electron chi connectivity index (χ2n) is 5.51. The van der Waals surface area contributed by atoms with Crippen LogP contribution in [-0.2, 0) is 0 Å². The molecule has 17 heavy (non-hydrogen) atoms. The zero-order valence-corrected chi connectivity index (χ0v) is 11.4. The van der Waals surface area contributed by atoms with Gasteiger partial charge in [-0.15, -0.1) is 0 Å². The summed E-state index contributed by atoms with van der Waals surface area (Å²) in [6, 6.07) is 6.91. The van der Waals surface area contributed by atoms with Gasteiger partial charge in [0.25, 0.3) is 0 Å². The van der Waals surface area contributed by atoms with Gasteiger partial charge in [-0.2, -0.15) is 0 Å². The van der Waals surface area contributed by atoms with E-state index in [0.29, 0.717) is 5.92 Å². The van der Waals surface area contributed by atoms with Crippen LogP contribution in [0.15, 0.2) is 30.4 Å². The molecule has 0 heteroatoms. The highest BCUT2D eigenvalue weighted by atomic mass is 14.2. The molecule has 1 aromatic rings. The van der Waals surface area contributed by atoms with Crippen LogP contribution in [0, 0.1) is 0 Å². The average molecular weight is 226 g/mol. The number of allylic oxidation sites excluding steroid dienone is 3. The molecule has 0 unspecified atom stereocenters. The first-order valence-corrected chi connectivity index (χ1v) is 6.49. The normalized spacial score (nSPS) is 14.1. The minimum Gasteiger partial charge on any atom is -0.0955 e. The molecule has 1 aliphatic carbocycles. The molecule has 0 nitrogen and oxygen atoms in total. The SMILES string of the molecule is C=C(C)c1cc(C(C)=C2CC2)cc(C(C)C)c1. The van der Waals surface area contributed by atoms with Crippen LogP contribution in [0.1, 0.15) is 63.1 Å². The van der Waals surface area contributed by atoms with E-state index < -0.39 is 0 Å². The lowest BCUT2D eigenvalue weighted by atomic mass is 9.93. The standard InChI is InChI=1S/C17H22/c1-11(2)15-8-16(12(3)4)10-17(9-15)13(5)14-6-7-14/h8-10,12H,1,6-7H2,2-5H3. The Kier molecular flexibility index (Phi) is 3.24. The summed E-state index contributed by atoms with van der Waals surface area (Å²) < 4.78 is 0. The van der Waals surface area contributed by atoms with Crippen LogP contribution in [0.4, 0.5) is 0 Å². The summed E-state index contributed by atoms with van der Waals surface area (Å²) in [5.41, 5.74) is 8.35. The third kappa shape index (κ3) is 2.69. The Morgan fingerprint density at radius 1 is 1.06 bits per heavy atom. The van der Waals surface area contributed by atoms with Gasteiger partial charge < -0.3 is 0 Å². The van der Waals surface area contributed by atoms with Crippen molar-refractivity contribution in [3.05, 3.63) is 47.0 Å². The van der Waals surface area contributed by atoms with Crippen molar-refractivity contribution < 1.29 is 0 Å². The maximum Gasteiger partial charge on any atom is -0.0218 e. The van der Waals surface area contributed by atoms with Crippen molar-refractivity contribution in [2.24, 2.45) is 0 Å². The zero-order valence-electron chi connectivity index (χ0n) is 11.4. The van der Waals surface area contributed by atoms with Gasteiger partial charge >= 0.3 is 0 Å². The van der Waals surface area contributed by atoms with E-state index in [1.165, 1.54) is 35.1 Å². The molecule has 0 aliphatic heterocycles. The Morgan fingerprint density at radius 2 is 1.65 bits per heavy atom.